The lowest BCUT2D eigenvalue weighted by atomic mass is 10.0. The molecule has 2 aromatic heterocycles. The Labute approximate surface area is 184 Å². The van der Waals surface area contributed by atoms with Crippen LogP contribution >= 0.6 is 0 Å². The number of rotatable bonds is 5. The number of hydrogen-bond acceptors (Lipinski definition) is 5. The minimum Gasteiger partial charge on any atom is -0.443 e. The van der Waals surface area contributed by atoms with Crippen LogP contribution in [0.25, 0.3) is 33.7 Å². The van der Waals surface area contributed by atoms with Gasteiger partial charge in [-0.15, -0.1) is 0 Å². The Hall–Kier alpha value is -3.97. The maximum Gasteiger partial charge on any atom is 0.181 e. The number of benzene rings is 3. The molecule has 0 aliphatic carbocycles. The maximum absolute atomic E-state index is 13.4. The predicted octanol–water partition coefficient (Wildman–Crippen LogP) is 5.58. The van der Waals surface area contributed by atoms with Crippen molar-refractivity contribution >= 4 is 22.4 Å². The van der Waals surface area contributed by atoms with Crippen LogP contribution in [0.5, 0.6) is 0 Å². The lowest BCUT2D eigenvalue weighted by Crippen LogP contribution is -1.96. The van der Waals surface area contributed by atoms with Gasteiger partial charge in [-0.05, 0) is 67.1 Å². The first-order valence-electron chi connectivity index (χ1n) is 10.2. The van der Waals surface area contributed by atoms with E-state index in [4.69, 9.17) is 9.40 Å². The third-order valence-electron chi connectivity index (χ3n) is 5.56. The fourth-order valence-corrected chi connectivity index (χ4v) is 3.91. The highest BCUT2D eigenvalue weighted by atomic mass is 19.1. The predicted molar refractivity (Wildman–Crippen MR) is 122 cm³/mol. The standard InChI is InChI=1S/C25H21FN4O2/c1-15-24(32-14-27-15)20-11-10-19(12-17(20)13-31)28-21-4-3-5-22-23(21)29-25(30(22)2)16-6-8-18(26)9-7-16/h3-12,14,28,31H,13H2,1-2H3. The number of imidazole rings is 1. The van der Waals surface area contributed by atoms with Gasteiger partial charge in [0.25, 0.3) is 0 Å². The molecule has 3 aromatic carbocycles. The number of fused-ring (bicyclic) bond motifs is 1. The van der Waals surface area contributed by atoms with Gasteiger partial charge in [-0.2, -0.15) is 0 Å². The first kappa shape index (κ1) is 20.0. The van der Waals surface area contributed by atoms with E-state index in [2.05, 4.69) is 10.3 Å². The minimum absolute atomic E-state index is 0.131. The number of hydrogen-bond donors (Lipinski definition) is 2. The van der Waals surface area contributed by atoms with Crippen LogP contribution in [0.1, 0.15) is 11.3 Å². The summed E-state index contributed by atoms with van der Waals surface area (Å²) >= 11 is 0. The van der Waals surface area contributed by atoms with E-state index in [9.17, 15) is 9.50 Å². The average molecular weight is 428 g/mol. The van der Waals surface area contributed by atoms with Crippen LogP contribution in [0.3, 0.4) is 0 Å². The molecule has 0 unspecified atom stereocenters. The van der Waals surface area contributed by atoms with Gasteiger partial charge >= 0.3 is 0 Å². The SMILES string of the molecule is Cc1ncoc1-c1ccc(Nc2cccc3c2nc(-c2ccc(F)cc2)n3C)cc1CO. The molecule has 7 heteroatoms. The zero-order chi connectivity index (χ0) is 22.2. The zero-order valence-electron chi connectivity index (χ0n) is 17.6. The van der Waals surface area contributed by atoms with Crippen molar-refractivity contribution in [2.24, 2.45) is 7.05 Å². The van der Waals surface area contributed by atoms with Gasteiger partial charge in [0.2, 0.25) is 0 Å². The van der Waals surface area contributed by atoms with Crippen LogP contribution in [0.4, 0.5) is 15.8 Å². The average Bonchev–Trinajstić information content (AvgIpc) is 3.38. The van der Waals surface area contributed by atoms with E-state index >= 15 is 0 Å². The Morgan fingerprint density at radius 3 is 2.62 bits per heavy atom. The van der Waals surface area contributed by atoms with E-state index in [-0.39, 0.29) is 12.4 Å². The van der Waals surface area contributed by atoms with Crippen LogP contribution in [0, 0.1) is 12.7 Å². The summed E-state index contributed by atoms with van der Waals surface area (Å²) in [7, 11) is 1.94. The van der Waals surface area contributed by atoms with Crippen LogP contribution in [-0.4, -0.2) is 19.6 Å². The highest BCUT2D eigenvalue weighted by Crippen LogP contribution is 2.33. The van der Waals surface area contributed by atoms with Crippen LogP contribution in [-0.2, 0) is 13.7 Å². The Kier molecular flexibility index (Phi) is 4.95. The van der Waals surface area contributed by atoms with E-state index in [1.165, 1.54) is 18.5 Å². The third-order valence-corrected chi connectivity index (χ3v) is 5.56. The van der Waals surface area contributed by atoms with Crippen molar-refractivity contribution in [2.45, 2.75) is 13.5 Å². The van der Waals surface area contributed by atoms with Gasteiger partial charge in [-0.3, -0.25) is 0 Å². The lowest BCUT2D eigenvalue weighted by molar-refractivity contribution is 0.282. The largest absolute Gasteiger partial charge is 0.443 e. The number of aryl methyl sites for hydroxylation is 2. The number of anilines is 2. The molecule has 2 N–H and O–H groups in total. The molecule has 160 valence electrons. The highest BCUT2D eigenvalue weighted by molar-refractivity contribution is 5.93. The van der Waals surface area contributed by atoms with Crippen molar-refractivity contribution in [1.29, 1.82) is 0 Å². The highest BCUT2D eigenvalue weighted by Gasteiger charge is 2.15. The summed E-state index contributed by atoms with van der Waals surface area (Å²) in [6, 6.07) is 17.9. The van der Waals surface area contributed by atoms with Crippen LogP contribution in [0.15, 0.2) is 71.5 Å². The van der Waals surface area contributed by atoms with Gasteiger partial charge in [0.15, 0.2) is 12.2 Å². The van der Waals surface area contributed by atoms with Gasteiger partial charge in [-0.1, -0.05) is 6.07 Å². The van der Waals surface area contributed by atoms with Gasteiger partial charge in [-0.25, -0.2) is 14.4 Å². The van der Waals surface area contributed by atoms with Gasteiger partial charge in [0, 0.05) is 23.9 Å². The number of halogens is 1. The number of aliphatic hydroxyl groups excluding tert-OH is 1. The maximum atomic E-state index is 13.4. The number of nitrogens with one attached hydrogen (secondary N) is 1. The van der Waals surface area contributed by atoms with Gasteiger partial charge < -0.3 is 19.4 Å². The molecule has 0 spiro atoms. The Bertz CT molecular complexity index is 1420. The molecule has 0 amide bonds. The topological polar surface area (TPSA) is 76.1 Å². The molecule has 0 saturated heterocycles. The molecular weight excluding hydrogens is 407 g/mol. The number of aliphatic hydroxyl groups is 1. The molecule has 0 saturated carbocycles. The summed E-state index contributed by atoms with van der Waals surface area (Å²) in [6.07, 6.45) is 1.40. The Morgan fingerprint density at radius 1 is 1.09 bits per heavy atom. The second-order valence-corrected chi connectivity index (χ2v) is 7.60. The van der Waals surface area contributed by atoms with Crippen molar-refractivity contribution in [2.75, 3.05) is 5.32 Å². The molecule has 0 radical (unpaired) electrons. The second-order valence-electron chi connectivity index (χ2n) is 7.60. The summed E-state index contributed by atoms with van der Waals surface area (Å²) in [4.78, 5) is 8.96. The summed E-state index contributed by atoms with van der Waals surface area (Å²) in [5.74, 6) is 1.12. The van der Waals surface area contributed by atoms with E-state index in [0.717, 1.165) is 50.6 Å². The number of nitrogens with zero attached hydrogens (tertiary/aromatic N) is 3. The molecule has 0 aliphatic rings. The molecule has 0 aliphatic heterocycles. The molecule has 2 heterocycles. The quantitative estimate of drug-likeness (QED) is 0.382. The van der Waals surface area contributed by atoms with Crippen molar-refractivity contribution in [3.63, 3.8) is 0 Å². The fourth-order valence-electron chi connectivity index (χ4n) is 3.91. The van der Waals surface area contributed by atoms with Crippen LogP contribution < -0.4 is 5.32 Å². The summed E-state index contributed by atoms with van der Waals surface area (Å²) in [6.45, 7) is 1.74. The lowest BCUT2D eigenvalue weighted by Gasteiger charge is -2.11. The van der Waals surface area contributed by atoms with Crippen molar-refractivity contribution in [3.05, 3.63) is 84.1 Å². The van der Waals surface area contributed by atoms with E-state index in [1.807, 2.05) is 54.9 Å². The molecular formula is C25H21FN4O2. The van der Waals surface area contributed by atoms with E-state index < -0.39 is 0 Å². The molecule has 5 rings (SSSR count). The normalized spacial score (nSPS) is 11.2. The summed E-state index contributed by atoms with van der Waals surface area (Å²) in [5, 5.41) is 13.3. The number of oxazole rings is 1. The van der Waals surface area contributed by atoms with Gasteiger partial charge in [0.1, 0.15) is 17.2 Å². The third kappa shape index (κ3) is 3.42. The molecule has 0 bridgehead atoms. The molecule has 6 nitrogen and oxygen atoms in total. The minimum atomic E-state index is -0.279. The van der Waals surface area contributed by atoms with Crippen molar-refractivity contribution in [1.82, 2.24) is 14.5 Å². The first-order chi connectivity index (χ1) is 15.5. The van der Waals surface area contributed by atoms with Crippen LogP contribution in [0.2, 0.25) is 0 Å². The molecule has 0 atom stereocenters. The van der Waals surface area contributed by atoms with E-state index in [1.54, 1.807) is 12.1 Å². The van der Waals surface area contributed by atoms with Gasteiger partial charge in [0.05, 0.1) is 23.5 Å². The summed E-state index contributed by atoms with van der Waals surface area (Å²) in [5.41, 5.74) is 6.55. The number of aromatic nitrogens is 3. The van der Waals surface area contributed by atoms with E-state index in [0.29, 0.717) is 5.76 Å². The Balaban J connectivity index is 1.54. The summed E-state index contributed by atoms with van der Waals surface area (Å²) < 4.78 is 20.8. The fraction of sp³-hybridized carbons (Fsp3) is 0.120. The smallest absolute Gasteiger partial charge is 0.181 e. The number of para-hydroxylation sites is 1. The monoisotopic (exact) mass is 428 g/mol. The molecule has 5 aromatic rings. The molecule has 0 fully saturated rings. The first-order valence-corrected chi connectivity index (χ1v) is 10.2. The molecule has 32 heavy (non-hydrogen) atoms. The van der Waals surface area contributed by atoms with Crippen molar-refractivity contribution in [3.8, 4) is 22.7 Å². The zero-order valence-corrected chi connectivity index (χ0v) is 17.6. The Morgan fingerprint density at radius 2 is 1.91 bits per heavy atom. The van der Waals surface area contributed by atoms with Crippen molar-refractivity contribution < 1.29 is 13.9 Å². The second kappa shape index (κ2) is 7.94.